The van der Waals surface area contributed by atoms with Crippen LogP contribution in [0.15, 0.2) is 9.98 Å². The smallest absolute Gasteiger partial charge is 0.200 e. The molecule has 39 heavy (non-hydrogen) atoms. The summed E-state index contributed by atoms with van der Waals surface area (Å²) in [5.41, 5.74) is -6.36. The van der Waals surface area contributed by atoms with Gasteiger partial charge in [0.15, 0.2) is 76.0 Å². The Morgan fingerprint density at radius 3 is 0.846 bits per heavy atom. The second-order valence-electron chi connectivity index (χ2n) is 7.33. The predicted octanol–water partition coefficient (Wildman–Crippen LogP) is 6.27. The molecule has 0 aromatic heterocycles. The summed E-state index contributed by atoms with van der Waals surface area (Å²) in [4.78, 5) is 6.05. The Kier molecular flexibility index (Phi) is 6.76. The SMILES string of the molecule is Fc1c(F)c(F)c(C2=NC(c3c(F)c(F)c(F)c(F)c3F)N=C(c3c(F)c(F)c(F)c(F)c3F)N2)c(F)c1F. The van der Waals surface area contributed by atoms with Gasteiger partial charge in [-0.1, -0.05) is 0 Å². The van der Waals surface area contributed by atoms with E-state index >= 15 is 0 Å². The Bertz CT molecular complexity index is 1470. The summed E-state index contributed by atoms with van der Waals surface area (Å²) in [6, 6.07) is 0. The van der Waals surface area contributed by atoms with Crippen LogP contribution in [0.25, 0.3) is 0 Å². The normalized spacial score (nSPS) is 13.9. The van der Waals surface area contributed by atoms with Crippen LogP contribution in [-0.4, -0.2) is 11.7 Å². The molecule has 0 bridgehead atoms. The van der Waals surface area contributed by atoms with E-state index in [4.69, 9.17) is 0 Å². The van der Waals surface area contributed by atoms with Crippen molar-refractivity contribution in [1.29, 1.82) is 0 Å². The van der Waals surface area contributed by atoms with Crippen molar-refractivity contribution in [3.63, 3.8) is 0 Å². The van der Waals surface area contributed by atoms with Gasteiger partial charge in [-0.05, 0) is 0 Å². The summed E-state index contributed by atoms with van der Waals surface area (Å²) in [7, 11) is 0. The van der Waals surface area contributed by atoms with E-state index in [1.807, 2.05) is 0 Å². The molecule has 206 valence electrons. The minimum absolute atomic E-state index is 1.40. The molecule has 0 spiro atoms. The second kappa shape index (κ2) is 9.49. The highest BCUT2D eigenvalue weighted by Gasteiger charge is 2.38. The van der Waals surface area contributed by atoms with Crippen molar-refractivity contribution in [3.8, 4) is 0 Å². The standard InChI is InChI=1S/C21H2F15N3/c22-4-1(5(23)11(29)16(34)10(4)28)19-37-20(2-6(24)12(30)17(35)13(31)7(2)25)39-21(38-19)3-8(26)14(32)18(36)15(33)9(3)27/h19H,(H,37,38,39). The summed E-state index contributed by atoms with van der Waals surface area (Å²) >= 11 is 0. The number of nitrogens with one attached hydrogen (secondary N) is 1. The van der Waals surface area contributed by atoms with E-state index in [1.165, 1.54) is 5.32 Å². The van der Waals surface area contributed by atoms with Crippen LogP contribution in [0, 0.1) is 87.3 Å². The average molecular weight is 581 g/mol. The van der Waals surface area contributed by atoms with Crippen LogP contribution in [0.1, 0.15) is 22.9 Å². The number of halogens is 15. The summed E-state index contributed by atoms with van der Waals surface area (Å²) in [5.74, 6) is -44.3. The molecular weight excluding hydrogens is 579 g/mol. The summed E-state index contributed by atoms with van der Waals surface area (Å²) < 4.78 is 209. The van der Waals surface area contributed by atoms with Gasteiger partial charge in [-0.2, -0.15) is 0 Å². The van der Waals surface area contributed by atoms with Crippen molar-refractivity contribution < 1.29 is 65.9 Å². The maximum Gasteiger partial charge on any atom is 0.200 e. The molecule has 3 aromatic carbocycles. The molecule has 1 N–H and O–H groups in total. The lowest BCUT2D eigenvalue weighted by atomic mass is 10.1. The molecule has 4 rings (SSSR count). The van der Waals surface area contributed by atoms with Crippen LogP contribution in [0.2, 0.25) is 0 Å². The third-order valence-corrected chi connectivity index (χ3v) is 5.13. The van der Waals surface area contributed by atoms with Gasteiger partial charge in [-0.25, -0.2) is 75.8 Å². The van der Waals surface area contributed by atoms with Gasteiger partial charge in [0.25, 0.3) is 0 Å². The lowest BCUT2D eigenvalue weighted by Crippen LogP contribution is -2.39. The maximum atomic E-state index is 14.4. The Balaban J connectivity index is 2.10. The fraction of sp³-hybridized carbons (Fsp3) is 0.0476. The quantitative estimate of drug-likeness (QED) is 0.221. The molecule has 1 aliphatic heterocycles. The van der Waals surface area contributed by atoms with Crippen molar-refractivity contribution in [2.75, 3.05) is 0 Å². The van der Waals surface area contributed by atoms with Crippen LogP contribution in [0.4, 0.5) is 65.9 Å². The summed E-state index contributed by atoms with van der Waals surface area (Å²) in [6.45, 7) is 0. The van der Waals surface area contributed by atoms with Gasteiger partial charge in [-0.3, -0.25) is 0 Å². The number of hydrogen-bond acceptors (Lipinski definition) is 3. The predicted molar refractivity (Wildman–Crippen MR) is 97.6 cm³/mol. The number of rotatable bonds is 3. The van der Waals surface area contributed by atoms with E-state index < -0.39 is 122 Å². The Hall–Kier alpha value is -4.25. The molecule has 3 nitrogen and oxygen atoms in total. The van der Waals surface area contributed by atoms with Gasteiger partial charge in [-0.15, -0.1) is 0 Å². The van der Waals surface area contributed by atoms with Gasteiger partial charge < -0.3 is 5.32 Å². The Morgan fingerprint density at radius 2 is 0.564 bits per heavy atom. The molecule has 0 fully saturated rings. The molecule has 1 aliphatic rings. The first-order chi connectivity index (χ1) is 18.1. The van der Waals surface area contributed by atoms with Gasteiger partial charge in [0, 0.05) is 0 Å². The van der Waals surface area contributed by atoms with Crippen molar-refractivity contribution in [2.45, 2.75) is 6.17 Å². The monoisotopic (exact) mass is 581 g/mol. The van der Waals surface area contributed by atoms with Crippen LogP contribution in [-0.2, 0) is 0 Å². The number of benzene rings is 3. The lowest BCUT2D eigenvalue weighted by Gasteiger charge is -2.24. The fourth-order valence-corrected chi connectivity index (χ4v) is 3.31. The molecule has 0 saturated heterocycles. The van der Waals surface area contributed by atoms with E-state index in [-0.39, 0.29) is 0 Å². The summed E-state index contributed by atoms with van der Waals surface area (Å²) in [6.07, 6.45) is -3.05. The van der Waals surface area contributed by atoms with Gasteiger partial charge in [0.2, 0.25) is 17.5 Å². The highest BCUT2D eigenvalue weighted by molar-refractivity contribution is 6.16. The van der Waals surface area contributed by atoms with Crippen molar-refractivity contribution in [3.05, 3.63) is 104 Å². The van der Waals surface area contributed by atoms with Crippen molar-refractivity contribution in [1.82, 2.24) is 5.32 Å². The van der Waals surface area contributed by atoms with Crippen LogP contribution < -0.4 is 5.32 Å². The van der Waals surface area contributed by atoms with Gasteiger partial charge in [0.05, 0.1) is 16.7 Å². The minimum atomic E-state index is -3.05. The minimum Gasteiger partial charge on any atom is -0.324 e. The largest absolute Gasteiger partial charge is 0.324 e. The third kappa shape index (κ3) is 4.04. The van der Waals surface area contributed by atoms with E-state index in [2.05, 4.69) is 9.98 Å². The lowest BCUT2D eigenvalue weighted by molar-refractivity contribution is 0.364. The Morgan fingerprint density at radius 1 is 0.333 bits per heavy atom. The first-order valence-corrected chi connectivity index (χ1v) is 9.59. The zero-order chi connectivity index (χ0) is 29.2. The Labute approximate surface area is 203 Å². The average Bonchev–Trinajstić information content (AvgIpc) is 2.91. The van der Waals surface area contributed by atoms with E-state index in [9.17, 15) is 65.9 Å². The van der Waals surface area contributed by atoms with Crippen molar-refractivity contribution >= 4 is 11.7 Å². The maximum absolute atomic E-state index is 14.4. The molecule has 1 heterocycles. The summed E-state index contributed by atoms with van der Waals surface area (Å²) in [5, 5.41) is 1.40. The van der Waals surface area contributed by atoms with Gasteiger partial charge in [0.1, 0.15) is 11.7 Å². The zero-order valence-electron chi connectivity index (χ0n) is 17.6. The number of hydrogen-bond donors (Lipinski definition) is 1. The molecule has 0 aliphatic carbocycles. The van der Waals surface area contributed by atoms with Crippen LogP contribution in [0.5, 0.6) is 0 Å². The zero-order valence-corrected chi connectivity index (χ0v) is 17.6. The van der Waals surface area contributed by atoms with E-state index in [0.717, 1.165) is 0 Å². The van der Waals surface area contributed by atoms with Crippen molar-refractivity contribution in [2.24, 2.45) is 9.98 Å². The van der Waals surface area contributed by atoms with Crippen LogP contribution >= 0.6 is 0 Å². The van der Waals surface area contributed by atoms with Gasteiger partial charge >= 0.3 is 0 Å². The topological polar surface area (TPSA) is 36.8 Å². The highest BCUT2D eigenvalue weighted by atomic mass is 19.2. The fourth-order valence-electron chi connectivity index (χ4n) is 3.31. The van der Waals surface area contributed by atoms with Crippen LogP contribution in [0.3, 0.4) is 0 Å². The molecular formula is C21H2F15N3. The molecule has 0 saturated carbocycles. The second-order valence-corrected chi connectivity index (χ2v) is 7.33. The van der Waals surface area contributed by atoms with E-state index in [1.54, 1.807) is 0 Å². The first-order valence-electron chi connectivity index (χ1n) is 9.59. The first kappa shape index (κ1) is 27.8. The number of amidine groups is 2. The molecule has 0 unspecified atom stereocenters. The van der Waals surface area contributed by atoms with E-state index in [0.29, 0.717) is 0 Å². The molecule has 18 heteroatoms. The number of aliphatic imine (C=N–C) groups is 2. The molecule has 3 aromatic rings. The highest BCUT2D eigenvalue weighted by Crippen LogP contribution is 2.35. The molecule has 0 atom stereocenters. The molecule has 0 amide bonds. The number of nitrogens with zero attached hydrogens (tertiary/aromatic N) is 2. The molecule has 0 radical (unpaired) electrons. The third-order valence-electron chi connectivity index (χ3n) is 5.13.